The summed E-state index contributed by atoms with van der Waals surface area (Å²) in [6.07, 6.45) is 0.258. The number of aromatic nitrogens is 1. The van der Waals surface area contributed by atoms with Crippen LogP contribution in [0.3, 0.4) is 0 Å². The minimum Gasteiger partial charge on any atom is -0.444 e. The van der Waals surface area contributed by atoms with Crippen molar-refractivity contribution in [2.45, 2.75) is 32.8 Å². The van der Waals surface area contributed by atoms with Crippen LogP contribution in [0.1, 0.15) is 27.2 Å². The van der Waals surface area contributed by atoms with Gasteiger partial charge < -0.3 is 15.4 Å². The van der Waals surface area contributed by atoms with Crippen molar-refractivity contribution < 1.29 is 13.9 Å². The summed E-state index contributed by atoms with van der Waals surface area (Å²) >= 11 is 0. The van der Waals surface area contributed by atoms with Crippen LogP contribution < -0.4 is 10.6 Å². The highest BCUT2D eigenvalue weighted by Gasteiger charge is 2.15. The maximum Gasteiger partial charge on any atom is 0.407 e. The summed E-state index contributed by atoms with van der Waals surface area (Å²) in [5.41, 5.74) is -0.492. The van der Waals surface area contributed by atoms with E-state index in [1.54, 1.807) is 12.1 Å². The van der Waals surface area contributed by atoms with Gasteiger partial charge in [0.05, 0.1) is 0 Å². The maximum atomic E-state index is 12.8. The average molecular weight is 269 g/mol. The molecule has 0 aliphatic rings. The van der Waals surface area contributed by atoms with Crippen LogP contribution >= 0.6 is 0 Å². The van der Waals surface area contributed by atoms with Crippen molar-refractivity contribution in [1.29, 1.82) is 0 Å². The third kappa shape index (κ3) is 7.23. The quantitative estimate of drug-likeness (QED) is 0.637. The third-order valence-electron chi connectivity index (χ3n) is 2.04. The molecule has 106 valence electrons. The van der Waals surface area contributed by atoms with Gasteiger partial charge in [0.15, 0.2) is 0 Å². The number of carbonyl (C=O) groups is 1. The summed E-state index contributed by atoms with van der Waals surface area (Å²) in [6, 6.07) is 4.56. The van der Waals surface area contributed by atoms with Crippen molar-refractivity contribution in [3.05, 3.63) is 24.1 Å². The first-order valence-corrected chi connectivity index (χ1v) is 6.20. The number of ether oxygens (including phenoxy) is 1. The molecule has 0 unspecified atom stereocenters. The summed E-state index contributed by atoms with van der Waals surface area (Å²) in [5.74, 6) is -0.0332. The zero-order chi connectivity index (χ0) is 14.3. The van der Waals surface area contributed by atoms with Gasteiger partial charge in [0.2, 0.25) is 5.95 Å². The Balaban J connectivity index is 2.13. The summed E-state index contributed by atoms with van der Waals surface area (Å²) in [7, 11) is 0. The van der Waals surface area contributed by atoms with E-state index in [0.29, 0.717) is 25.3 Å². The predicted octanol–water partition coefficient (Wildman–Crippen LogP) is 2.55. The fourth-order valence-corrected chi connectivity index (χ4v) is 1.32. The molecule has 0 saturated carbocycles. The molecule has 0 aliphatic heterocycles. The largest absolute Gasteiger partial charge is 0.444 e. The molecular formula is C13H20FN3O2. The van der Waals surface area contributed by atoms with Gasteiger partial charge in [-0.05, 0) is 39.3 Å². The van der Waals surface area contributed by atoms with Gasteiger partial charge in [-0.25, -0.2) is 9.78 Å². The number of pyridine rings is 1. The highest BCUT2D eigenvalue weighted by molar-refractivity contribution is 5.67. The third-order valence-corrected chi connectivity index (χ3v) is 2.04. The van der Waals surface area contributed by atoms with Crippen LogP contribution in [0.25, 0.3) is 0 Å². The van der Waals surface area contributed by atoms with Crippen LogP contribution in [0.2, 0.25) is 0 Å². The highest BCUT2D eigenvalue weighted by Crippen LogP contribution is 2.06. The van der Waals surface area contributed by atoms with E-state index in [-0.39, 0.29) is 0 Å². The summed E-state index contributed by atoms with van der Waals surface area (Å²) in [4.78, 5) is 15.0. The summed E-state index contributed by atoms with van der Waals surface area (Å²) in [6.45, 7) is 6.50. The zero-order valence-electron chi connectivity index (χ0n) is 11.5. The van der Waals surface area contributed by atoms with Gasteiger partial charge in [0.25, 0.3) is 0 Å². The zero-order valence-corrected chi connectivity index (χ0v) is 11.5. The van der Waals surface area contributed by atoms with Crippen molar-refractivity contribution >= 4 is 11.9 Å². The lowest BCUT2D eigenvalue weighted by molar-refractivity contribution is 0.0528. The van der Waals surface area contributed by atoms with Gasteiger partial charge in [-0.15, -0.1) is 0 Å². The molecule has 5 nitrogen and oxygen atoms in total. The van der Waals surface area contributed by atoms with Crippen LogP contribution in [-0.2, 0) is 4.74 Å². The van der Waals surface area contributed by atoms with Crippen LogP contribution in [0.5, 0.6) is 0 Å². The van der Waals surface area contributed by atoms with Crippen LogP contribution in [0, 0.1) is 5.95 Å². The second-order valence-electron chi connectivity index (χ2n) is 5.05. The smallest absolute Gasteiger partial charge is 0.407 e. The van der Waals surface area contributed by atoms with Gasteiger partial charge in [-0.3, -0.25) is 0 Å². The standard InChI is InChI=1S/C13H20FN3O2/c1-13(2,3)19-12(18)16-9-5-8-15-11-7-4-6-10(14)17-11/h4,6-7H,5,8-9H2,1-3H3,(H,15,17)(H,16,18). The van der Waals surface area contributed by atoms with E-state index in [1.165, 1.54) is 6.07 Å². The van der Waals surface area contributed by atoms with Crippen molar-refractivity contribution in [2.75, 3.05) is 18.4 Å². The maximum absolute atomic E-state index is 12.8. The first-order chi connectivity index (χ1) is 8.87. The SMILES string of the molecule is CC(C)(C)OC(=O)NCCCNc1cccc(F)n1. The van der Waals surface area contributed by atoms with Gasteiger partial charge in [0, 0.05) is 13.1 Å². The molecule has 0 radical (unpaired) electrons. The fourth-order valence-electron chi connectivity index (χ4n) is 1.32. The molecule has 2 N–H and O–H groups in total. The van der Waals surface area contributed by atoms with Crippen LogP contribution in [0.15, 0.2) is 18.2 Å². The Morgan fingerprint density at radius 3 is 2.74 bits per heavy atom. The predicted molar refractivity (Wildman–Crippen MR) is 71.5 cm³/mol. The molecule has 1 heterocycles. The normalized spacial score (nSPS) is 10.9. The first kappa shape index (κ1) is 15.2. The summed E-state index contributed by atoms with van der Waals surface area (Å²) < 4.78 is 17.9. The molecule has 0 aliphatic carbocycles. The van der Waals surface area contributed by atoms with E-state index in [4.69, 9.17) is 4.74 Å². The lowest BCUT2D eigenvalue weighted by Crippen LogP contribution is -2.33. The van der Waals surface area contributed by atoms with E-state index in [0.717, 1.165) is 0 Å². The van der Waals surface area contributed by atoms with Gasteiger partial charge in [-0.1, -0.05) is 6.07 Å². The second-order valence-corrected chi connectivity index (χ2v) is 5.05. The molecule has 0 saturated heterocycles. The van der Waals surface area contributed by atoms with E-state index in [9.17, 15) is 9.18 Å². The topological polar surface area (TPSA) is 63.2 Å². The number of amides is 1. The minimum atomic E-state index is -0.517. The Morgan fingerprint density at radius 2 is 2.11 bits per heavy atom. The molecule has 19 heavy (non-hydrogen) atoms. The highest BCUT2D eigenvalue weighted by atomic mass is 19.1. The molecular weight excluding hydrogens is 249 g/mol. The molecule has 1 aromatic rings. The number of nitrogens with one attached hydrogen (secondary N) is 2. The molecule has 0 spiro atoms. The van der Waals surface area contributed by atoms with Crippen molar-refractivity contribution in [1.82, 2.24) is 10.3 Å². The molecule has 1 rings (SSSR count). The molecule has 0 fully saturated rings. The van der Waals surface area contributed by atoms with Gasteiger partial charge in [0.1, 0.15) is 11.4 Å². The number of hydrogen-bond donors (Lipinski definition) is 2. The Labute approximate surface area is 112 Å². The Bertz CT molecular complexity index is 419. The van der Waals surface area contributed by atoms with Crippen molar-refractivity contribution in [2.24, 2.45) is 0 Å². The summed E-state index contributed by atoms with van der Waals surface area (Å²) in [5, 5.41) is 5.61. The van der Waals surface area contributed by atoms with Crippen LogP contribution in [-0.4, -0.2) is 29.8 Å². The lowest BCUT2D eigenvalue weighted by Gasteiger charge is -2.19. The van der Waals surface area contributed by atoms with Crippen molar-refractivity contribution in [3.8, 4) is 0 Å². The number of nitrogens with zero attached hydrogens (tertiary/aromatic N) is 1. The second kappa shape index (κ2) is 6.92. The molecule has 1 amide bonds. The fraction of sp³-hybridized carbons (Fsp3) is 0.538. The number of rotatable bonds is 5. The minimum absolute atomic E-state index is 0.434. The first-order valence-electron chi connectivity index (χ1n) is 6.20. The number of hydrogen-bond acceptors (Lipinski definition) is 4. The Kier molecular flexibility index (Phi) is 5.54. The molecule has 0 bridgehead atoms. The number of carbonyl (C=O) groups excluding carboxylic acids is 1. The Hall–Kier alpha value is -1.85. The number of alkyl carbamates (subject to hydrolysis) is 1. The van der Waals surface area contributed by atoms with E-state index in [1.807, 2.05) is 20.8 Å². The number of halogens is 1. The van der Waals surface area contributed by atoms with Crippen molar-refractivity contribution in [3.63, 3.8) is 0 Å². The Morgan fingerprint density at radius 1 is 1.37 bits per heavy atom. The lowest BCUT2D eigenvalue weighted by atomic mass is 10.2. The van der Waals surface area contributed by atoms with Gasteiger partial charge >= 0.3 is 6.09 Å². The molecule has 6 heteroatoms. The number of anilines is 1. The van der Waals surface area contributed by atoms with E-state index in [2.05, 4.69) is 15.6 Å². The average Bonchev–Trinajstić information content (AvgIpc) is 2.26. The van der Waals surface area contributed by atoms with Crippen LogP contribution in [0.4, 0.5) is 15.0 Å². The van der Waals surface area contributed by atoms with Gasteiger partial charge in [-0.2, -0.15) is 4.39 Å². The molecule has 0 aromatic carbocycles. The molecule has 1 aromatic heterocycles. The molecule has 0 atom stereocenters. The van der Waals surface area contributed by atoms with E-state index < -0.39 is 17.6 Å². The monoisotopic (exact) mass is 269 g/mol. The van der Waals surface area contributed by atoms with E-state index >= 15 is 0 Å².